The van der Waals surface area contributed by atoms with Gasteiger partial charge in [0.1, 0.15) is 11.9 Å². The Morgan fingerprint density at radius 3 is 2.64 bits per heavy atom. The van der Waals surface area contributed by atoms with Crippen molar-refractivity contribution in [3.05, 3.63) is 23.3 Å². The molecule has 0 atom stereocenters. The average Bonchev–Trinajstić information content (AvgIpc) is 2.16. The van der Waals surface area contributed by atoms with Crippen LogP contribution in [0, 0.1) is 17.1 Å². The predicted molar refractivity (Wildman–Crippen MR) is 54.8 cm³/mol. The van der Waals surface area contributed by atoms with Crippen molar-refractivity contribution in [1.29, 1.82) is 5.26 Å². The Morgan fingerprint density at radius 1 is 1.57 bits per heavy atom. The fourth-order valence-electron chi connectivity index (χ4n) is 1.13. The number of nitrogens with zero attached hydrogens (tertiary/aromatic N) is 2. The zero-order valence-electron chi connectivity index (χ0n) is 8.34. The van der Waals surface area contributed by atoms with Crippen LogP contribution in [0.15, 0.2) is 11.0 Å². The van der Waals surface area contributed by atoms with Gasteiger partial charge >= 0.3 is 0 Å². The summed E-state index contributed by atoms with van der Waals surface area (Å²) >= 11 is 1.33. The number of aromatic nitrogens is 1. The summed E-state index contributed by atoms with van der Waals surface area (Å²) in [7, 11) is 0. The normalized spacial score (nSPS) is 10.3. The summed E-state index contributed by atoms with van der Waals surface area (Å²) in [6.07, 6.45) is 1.80. The third-order valence-corrected chi connectivity index (χ3v) is 2.59. The van der Waals surface area contributed by atoms with Gasteiger partial charge in [-0.15, -0.1) is 11.8 Å². The topological polar surface area (TPSA) is 36.7 Å². The highest BCUT2D eigenvalue weighted by Crippen LogP contribution is 2.24. The molecule has 1 aromatic heterocycles. The van der Waals surface area contributed by atoms with Crippen LogP contribution in [0.2, 0.25) is 0 Å². The summed E-state index contributed by atoms with van der Waals surface area (Å²) in [5.74, 6) is -0.332. The van der Waals surface area contributed by atoms with Gasteiger partial charge in [0.15, 0.2) is 5.69 Å². The van der Waals surface area contributed by atoms with Crippen LogP contribution in [0.25, 0.3) is 0 Å². The molecule has 0 unspecified atom stereocenters. The maximum Gasteiger partial charge on any atom is 0.154 e. The lowest BCUT2D eigenvalue weighted by atomic mass is 10.1. The van der Waals surface area contributed by atoms with E-state index < -0.39 is 0 Å². The molecular formula is C10H11FN2S. The van der Waals surface area contributed by atoms with E-state index >= 15 is 0 Å². The Labute approximate surface area is 87.2 Å². The van der Waals surface area contributed by atoms with Gasteiger partial charge in [-0.1, -0.05) is 13.8 Å². The van der Waals surface area contributed by atoms with Crippen molar-refractivity contribution in [1.82, 2.24) is 4.98 Å². The fraction of sp³-hybridized carbons (Fsp3) is 0.400. The first kappa shape index (κ1) is 11.0. The Kier molecular flexibility index (Phi) is 3.48. The van der Waals surface area contributed by atoms with Crippen LogP contribution < -0.4 is 0 Å². The van der Waals surface area contributed by atoms with Gasteiger partial charge in [-0.2, -0.15) is 5.26 Å². The van der Waals surface area contributed by atoms with E-state index in [1.807, 2.05) is 19.9 Å². The van der Waals surface area contributed by atoms with Crippen molar-refractivity contribution in [2.24, 2.45) is 0 Å². The molecular weight excluding hydrogens is 199 g/mol. The van der Waals surface area contributed by atoms with E-state index in [1.165, 1.54) is 17.8 Å². The Balaban J connectivity index is 3.32. The fourth-order valence-corrected chi connectivity index (χ4v) is 1.63. The maximum absolute atomic E-state index is 13.4. The van der Waals surface area contributed by atoms with Gasteiger partial charge in [-0.3, -0.25) is 0 Å². The van der Waals surface area contributed by atoms with Gasteiger partial charge in [0, 0.05) is 4.90 Å². The summed E-state index contributed by atoms with van der Waals surface area (Å²) in [5, 5.41) is 8.80. The zero-order valence-corrected chi connectivity index (χ0v) is 9.15. The summed E-state index contributed by atoms with van der Waals surface area (Å²) in [5.41, 5.74) is 0.668. The molecule has 0 aliphatic heterocycles. The molecule has 0 fully saturated rings. The second-order valence-electron chi connectivity index (χ2n) is 3.17. The third-order valence-electron chi connectivity index (χ3n) is 1.84. The minimum Gasteiger partial charge on any atom is -0.238 e. The van der Waals surface area contributed by atoms with Crippen molar-refractivity contribution in [2.45, 2.75) is 24.7 Å². The molecule has 0 bridgehead atoms. The largest absolute Gasteiger partial charge is 0.238 e. The molecule has 0 amide bonds. The molecule has 2 nitrogen and oxygen atoms in total. The number of rotatable bonds is 2. The first-order chi connectivity index (χ1) is 6.60. The standard InChI is InChI=1S/C10H11FN2S/c1-6(2)10-7(11)4-9(14-3)8(5-12)13-10/h4,6H,1-3H3. The molecule has 1 rings (SSSR count). The molecule has 0 aromatic carbocycles. The highest BCUT2D eigenvalue weighted by atomic mass is 32.2. The Hall–Kier alpha value is -1.08. The summed E-state index contributed by atoms with van der Waals surface area (Å²) < 4.78 is 13.4. The van der Waals surface area contributed by atoms with Crippen molar-refractivity contribution in [3.8, 4) is 6.07 Å². The molecule has 0 saturated heterocycles. The quantitative estimate of drug-likeness (QED) is 0.704. The van der Waals surface area contributed by atoms with Gasteiger partial charge in [0.05, 0.1) is 5.69 Å². The molecule has 0 aliphatic carbocycles. The van der Waals surface area contributed by atoms with Crippen molar-refractivity contribution >= 4 is 11.8 Å². The van der Waals surface area contributed by atoms with Crippen molar-refractivity contribution < 1.29 is 4.39 Å². The number of thioether (sulfide) groups is 1. The molecule has 0 spiro atoms. The molecule has 0 saturated carbocycles. The van der Waals surface area contributed by atoms with Crippen LogP contribution >= 0.6 is 11.8 Å². The molecule has 0 N–H and O–H groups in total. The number of hydrogen-bond donors (Lipinski definition) is 0. The molecule has 1 aromatic rings. The van der Waals surface area contributed by atoms with Crippen LogP contribution in [0.1, 0.15) is 31.2 Å². The van der Waals surface area contributed by atoms with E-state index in [4.69, 9.17) is 5.26 Å². The van der Waals surface area contributed by atoms with Gasteiger partial charge < -0.3 is 0 Å². The molecule has 14 heavy (non-hydrogen) atoms. The molecule has 0 radical (unpaired) electrons. The van der Waals surface area contributed by atoms with E-state index in [9.17, 15) is 4.39 Å². The lowest BCUT2D eigenvalue weighted by molar-refractivity contribution is 0.579. The molecule has 0 aliphatic rings. The van der Waals surface area contributed by atoms with Crippen LogP contribution in [-0.2, 0) is 0 Å². The molecule has 74 valence electrons. The SMILES string of the molecule is CSc1cc(F)c(C(C)C)nc1C#N. The van der Waals surface area contributed by atoms with E-state index in [0.717, 1.165) is 0 Å². The number of hydrogen-bond acceptors (Lipinski definition) is 3. The van der Waals surface area contributed by atoms with Gasteiger partial charge in [-0.25, -0.2) is 9.37 Å². The highest BCUT2D eigenvalue weighted by molar-refractivity contribution is 7.98. The summed E-state index contributed by atoms with van der Waals surface area (Å²) in [6, 6.07) is 3.35. The monoisotopic (exact) mass is 210 g/mol. The summed E-state index contributed by atoms with van der Waals surface area (Å²) in [6.45, 7) is 3.71. The molecule has 4 heteroatoms. The lowest BCUT2D eigenvalue weighted by Gasteiger charge is -2.08. The lowest BCUT2D eigenvalue weighted by Crippen LogP contribution is -2.01. The van der Waals surface area contributed by atoms with Crippen molar-refractivity contribution in [3.63, 3.8) is 0 Å². The minimum atomic E-state index is -0.330. The van der Waals surface area contributed by atoms with E-state index in [1.54, 1.807) is 6.26 Å². The van der Waals surface area contributed by atoms with Crippen LogP contribution in [0.5, 0.6) is 0 Å². The highest BCUT2D eigenvalue weighted by Gasteiger charge is 2.13. The maximum atomic E-state index is 13.4. The van der Waals surface area contributed by atoms with E-state index in [0.29, 0.717) is 16.3 Å². The average molecular weight is 210 g/mol. The first-order valence-electron chi connectivity index (χ1n) is 4.24. The zero-order chi connectivity index (χ0) is 10.7. The number of pyridine rings is 1. The second-order valence-corrected chi connectivity index (χ2v) is 4.02. The van der Waals surface area contributed by atoms with Crippen LogP contribution in [0.3, 0.4) is 0 Å². The van der Waals surface area contributed by atoms with Crippen molar-refractivity contribution in [2.75, 3.05) is 6.26 Å². The Bertz CT molecular complexity index is 382. The second kappa shape index (κ2) is 4.43. The number of nitriles is 1. The van der Waals surface area contributed by atoms with Gasteiger partial charge in [0.2, 0.25) is 0 Å². The summed E-state index contributed by atoms with van der Waals surface area (Å²) in [4.78, 5) is 4.60. The predicted octanol–water partition coefficient (Wildman–Crippen LogP) is 2.94. The first-order valence-corrected chi connectivity index (χ1v) is 5.47. The minimum absolute atomic E-state index is 0.00185. The van der Waals surface area contributed by atoms with E-state index in [-0.39, 0.29) is 11.7 Å². The smallest absolute Gasteiger partial charge is 0.154 e. The van der Waals surface area contributed by atoms with Gasteiger partial charge in [-0.05, 0) is 18.2 Å². The number of halogens is 1. The third kappa shape index (κ3) is 2.05. The van der Waals surface area contributed by atoms with Gasteiger partial charge in [0.25, 0.3) is 0 Å². The Morgan fingerprint density at radius 2 is 2.21 bits per heavy atom. The van der Waals surface area contributed by atoms with Crippen LogP contribution in [0.4, 0.5) is 4.39 Å². The van der Waals surface area contributed by atoms with E-state index in [2.05, 4.69) is 4.98 Å². The molecule has 1 heterocycles. The van der Waals surface area contributed by atoms with Crippen LogP contribution in [-0.4, -0.2) is 11.2 Å².